The molecule has 0 aromatic carbocycles. The van der Waals surface area contributed by atoms with E-state index in [1.165, 1.54) is 18.5 Å². The fraction of sp³-hybridized carbons (Fsp3) is 0.333. The van der Waals surface area contributed by atoms with Gasteiger partial charge in [0.15, 0.2) is 0 Å². The Labute approximate surface area is 123 Å². The molecule has 0 radical (unpaired) electrons. The Morgan fingerprint density at radius 2 is 2.24 bits per heavy atom. The zero-order valence-corrected chi connectivity index (χ0v) is 12.6. The van der Waals surface area contributed by atoms with Crippen molar-refractivity contribution in [3.05, 3.63) is 30.7 Å². The number of rotatable bonds is 7. The molecule has 9 heteroatoms. The number of sulfonamides is 1. The first kappa shape index (κ1) is 15.3. The number of hydrogen-bond acceptors (Lipinski definition) is 6. The molecule has 0 saturated carbocycles. The van der Waals surface area contributed by atoms with Gasteiger partial charge in [0.2, 0.25) is 0 Å². The van der Waals surface area contributed by atoms with E-state index >= 15 is 0 Å². The highest BCUT2D eigenvalue weighted by molar-refractivity contribution is 7.92. The normalized spacial score (nSPS) is 11.3. The number of methoxy groups -OCH3 is 1. The Hall–Kier alpha value is -2.13. The molecule has 8 nitrogen and oxygen atoms in total. The van der Waals surface area contributed by atoms with Crippen LogP contribution in [0, 0.1) is 0 Å². The van der Waals surface area contributed by atoms with E-state index in [0.717, 1.165) is 0 Å². The lowest BCUT2D eigenvalue weighted by molar-refractivity contribution is 0.183. The molecule has 0 atom stereocenters. The van der Waals surface area contributed by atoms with E-state index in [0.29, 0.717) is 18.8 Å². The lowest BCUT2D eigenvalue weighted by atomic mass is 10.5. The number of anilines is 2. The van der Waals surface area contributed by atoms with Crippen molar-refractivity contribution >= 4 is 21.5 Å². The van der Waals surface area contributed by atoms with E-state index in [9.17, 15) is 8.42 Å². The number of ether oxygens (including phenoxy) is 1. The summed E-state index contributed by atoms with van der Waals surface area (Å²) in [5, 5.41) is 6.81. The summed E-state index contributed by atoms with van der Waals surface area (Å²) < 4.78 is 33.7. The van der Waals surface area contributed by atoms with Crippen molar-refractivity contribution in [2.45, 2.75) is 11.4 Å². The molecule has 2 rings (SSSR count). The Morgan fingerprint density at radius 3 is 2.95 bits per heavy atom. The van der Waals surface area contributed by atoms with Gasteiger partial charge in [0, 0.05) is 26.6 Å². The van der Waals surface area contributed by atoms with Gasteiger partial charge in [-0.1, -0.05) is 0 Å². The Bertz CT molecular complexity index is 698. The maximum absolute atomic E-state index is 12.4. The lowest BCUT2D eigenvalue weighted by Gasteiger charge is -2.09. The average Bonchev–Trinajstić information content (AvgIpc) is 2.91. The first-order valence-electron chi connectivity index (χ1n) is 6.24. The second-order valence-electron chi connectivity index (χ2n) is 4.19. The van der Waals surface area contributed by atoms with Gasteiger partial charge in [-0.3, -0.25) is 9.40 Å². The van der Waals surface area contributed by atoms with E-state index < -0.39 is 10.0 Å². The van der Waals surface area contributed by atoms with Crippen LogP contribution in [-0.4, -0.2) is 43.9 Å². The number of hydrogen-bond donors (Lipinski definition) is 2. The molecule has 2 aromatic heterocycles. The summed E-state index contributed by atoms with van der Waals surface area (Å²) >= 11 is 0. The third kappa shape index (κ3) is 3.70. The van der Waals surface area contributed by atoms with Crippen LogP contribution >= 0.6 is 0 Å². The van der Waals surface area contributed by atoms with Crippen LogP contribution in [0.2, 0.25) is 0 Å². The van der Waals surface area contributed by atoms with Gasteiger partial charge in [-0.05, 0) is 12.1 Å². The van der Waals surface area contributed by atoms with E-state index in [1.54, 1.807) is 31.1 Å². The van der Waals surface area contributed by atoms with Crippen molar-refractivity contribution in [1.82, 2.24) is 14.8 Å². The van der Waals surface area contributed by atoms with Crippen LogP contribution in [-0.2, 0) is 21.3 Å². The third-order valence-electron chi connectivity index (χ3n) is 2.71. The maximum Gasteiger partial charge on any atom is 0.265 e. The van der Waals surface area contributed by atoms with Crippen molar-refractivity contribution < 1.29 is 13.2 Å². The van der Waals surface area contributed by atoms with Crippen LogP contribution < -0.4 is 10.0 Å². The van der Waals surface area contributed by atoms with Gasteiger partial charge < -0.3 is 10.1 Å². The van der Waals surface area contributed by atoms with Crippen LogP contribution in [0.15, 0.2) is 35.6 Å². The maximum atomic E-state index is 12.4. The molecule has 0 aliphatic carbocycles. The molecule has 0 bridgehead atoms. The van der Waals surface area contributed by atoms with Crippen LogP contribution in [0.1, 0.15) is 0 Å². The second-order valence-corrected chi connectivity index (χ2v) is 5.84. The van der Waals surface area contributed by atoms with Crippen LogP contribution in [0.5, 0.6) is 0 Å². The van der Waals surface area contributed by atoms with Crippen molar-refractivity contribution in [1.29, 1.82) is 0 Å². The topological polar surface area (TPSA) is 98.1 Å². The Morgan fingerprint density at radius 1 is 1.43 bits per heavy atom. The summed E-state index contributed by atoms with van der Waals surface area (Å²) in [6, 6.07) is 3.05. The SMILES string of the molecule is CNc1ncccc1S(=O)(=O)Nc1cnn(CCOC)c1. The fourth-order valence-electron chi connectivity index (χ4n) is 1.73. The van der Waals surface area contributed by atoms with Crippen LogP contribution in [0.25, 0.3) is 0 Å². The van der Waals surface area contributed by atoms with Crippen LogP contribution in [0.3, 0.4) is 0 Å². The third-order valence-corrected chi connectivity index (χ3v) is 4.12. The lowest BCUT2D eigenvalue weighted by Crippen LogP contribution is -2.15. The van der Waals surface area contributed by atoms with Gasteiger partial charge >= 0.3 is 0 Å². The number of nitrogens with zero attached hydrogens (tertiary/aromatic N) is 3. The summed E-state index contributed by atoms with van der Waals surface area (Å²) in [5.41, 5.74) is 0.386. The van der Waals surface area contributed by atoms with Gasteiger partial charge in [-0.25, -0.2) is 13.4 Å². The predicted octanol–water partition coefficient (Wildman–Crippen LogP) is 0.767. The number of nitrogens with one attached hydrogen (secondary N) is 2. The number of aromatic nitrogens is 3. The van der Waals surface area contributed by atoms with Crippen molar-refractivity contribution in [3.8, 4) is 0 Å². The summed E-state index contributed by atoms with van der Waals surface area (Å²) in [6.45, 7) is 1.05. The molecule has 0 fully saturated rings. The summed E-state index contributed by atoms with van der Waals surface area (Å²) in [7, 11) is -0.516. The first-order chi connectivity index (χ1) is 10.1. The molecule has 0 aliphatic rings. The minimum absolute atomic E-state index is 0.0807. The monoisotopic (exact) mass is 311 g/mol. The highest BCUT2D eigenvalue weighted by Crippen LogP contribution is 2.20. The van der Waals surface area contributed by atoms with Gasteiger partial charge in [0.05, 0.1) is 25.0 Å². The molecule has 0 unspecified atom stereocenters. The van der Waals surface area contributed by atoms with Crippen molar-refractivity contribution in [2.75, 3.05) is 30.8 Å². The zero-order valence-electron chi connectivity index (χ0n) is 11.8. The highest BCUT2D eigenvalue weighted by atomic mass is 32.2. The molecule has 114 valence electrons. The van der Waals surface area contributed by atoms with Gasteiger partial charge in [0.25, 0.3) is 10.0 Å². The Balaban J connectivity index is 2.19. The molecule has 0 aliphatic heterocycles. The van der Waals surface area contributed by atoms with Crippen LogP contribution in [0.4, 0.5) is 11.5 Å². The molecule has 0 amide bonds. The highest BCUT2D eigenvalue weighted by Gasteiger charge is 2.19. The summed E-state index contributed by atoms with van der Waals surface area (Å²) in [5.74, 6) is 0.289. The van der Waals surface area contributed by atoms with Gasteiger partial charge in [-0.2, -0.15) is 5.10 Å². The average molecular weight is 311 g/mol. The summed E-state index contributed by atoms with van der Waals surface area (Å²) in [6.07, 6.45) is 4.57. The number of pyridine rings is 1. The molecule has 2 heterocycles. The molecule has 2 aromatic rings. The quantitative estimate of drug-likeness (QED) is 0.783. The minimum atomic E-state index is -3.72. The molecule has 0 saturated heterocycles. The van der Waals surface area contributed by atoms with Gasteiger partial charge in [-0.15, -0.1) is 0 Å². The molecular formula is C12H17N5O3S. The van der Waals surface area contributed by atoms with E-state index in [2.05, 4.69) is 20.1 Å². The predicted molar refractivity (Wildman–Crippen MR) is 78.7 cm³/mol. The fourth-order valence-corrected chi connectivity index (χ4v) is 2.92. The molecular weight excluding hydrogens is 294 g/mol. The molecule has 2 N–H and O–H groups in total. The van der Waals surface area contributed by atoms with E-state index in [-0.39, 0.29) is 10.7 Å². The Kier molecular flexibility index (Phi) is 4.76. The smallest absolute Gasteiger partial charge is 0.265 e. The molecule has 0 spiro atoms. The second kappa shape index (κ2) is 6.55. The molecule has 21 heavy (non-hydrogen) atoms. The largest absolute Gasteiger partial charge is 0.383 e. The standard InChI is InChI=1S/C12H17N5O3S/c1-13-12-11(4-3-5-14-12)21(18,19)16-10-8-15-17(9-10)6-7-20-2/h3-5,8-9,16H,6-7H2,1-2H3,(H,13,14). The minimum Gasteiger partial charge on any atom is -0.383 e. The van der Waals surface area contributed by atoms with E-state index in [4.69, 9.17) is 4.74 Å². The van der Waals surface area contributed by atoms with Crippen molar-refractivity contribution in [3.63, 3.8) is 0 Å². The van der Waals surface area contributed by atoms with Gasteiger partial charge in [0.1, 0.15) is 10.7 Å². The van der Waals surface area contributed by atoms with Crippen molar-refractivity contribution in [2.24, 2.45) is 0 Å². The first-order valence-corrected chi connectivity index (χ1v) is 7.72. The summed E-state index contributed by atoms with van der Waals surface area (Å²) in [4.78, 5) is 4.06. The zero-order chi connectivity index (χ0) is 15.3. The van der Waals surface area contributed by atoms with E-state index in [1.807, 2.05) is 0 Å².